The molecule has 2 N–H and O–H groups in total. The molecule has 0 unspecified atom stereocenters. The number of hydrogen-bond acceptors (Lipinski definition) is 6. The standard InChI is InChI=1S/C22H16F6N2O4/c23-21(24,25)18-8-13(11-29)9-19(30-18)33-16-6-14(12-32-15-4-2-1-3-5-15)7-17(10-16)34-20(31)22(26,27)28/h1-10H,11-12,29H2. The lowest BCUT2D eigenvalue weighted by Crippen LogP contribution is -2.28. The van der Waals surface area contributed by atoms with Crippen molar-refractivity contribution in [1.82, 2.24) is 4.98 Å². The van der Waals surface area contributed by atoms with Crippen molar-refractivity contribution in [2.24, 2.45) is 5.73 Å². The molecular formula is C22H16F6N2O4. The normalized spacial score (nSPS) is 11.7. The van der Waals surface area contributed by atoms with E-state index in [1.807, 2.05) is 0 Å². The van der Waals surface area contributed by atoms with Gasteiger partial charge in [-0.3, -0.25) is 0 Å². The van der Waals surface area contributed by atoms with E-state index in [1.54, 1.807) is 30.3 Å². The Bertz CT molecular complexity index is 1150. The van der Waals surface area contributed by atoms with Crippen LogP contribution in [0.4, 0.5) is 26.3 Å². The molecule has 0 fully saturated rings. The quantitative estimate of drug-likeness (QED) is 0.274. The highest BCUT2D eigenvalue weighted by Crippen LogP contribution is 2.33. The molecule has 3 rings (SSSR count). The van der Waals surface area contributed by atoms with Crippen molar-refractivity contribution in [3.05, 3.63) is 77.5 Å². The molecule has 0 saturated heterocycles. The Hall–Kier alpha value is -3.80. The van der Waals surface area contributed by atoms with Crippen molar-refractivity contribution < 1.29 is 45.3 Å². The summed E-state index contributed by atoms with van der Waals surface area (Å²) in [7, 11) is 0. The zero-order chi connectivity index (χ0) is 24.9. The molecule has 0 spiro atoms. The number of aromatic nitrogens is 1. The fourth-order valence-electron chi connectivity index (χ4n) is 2.68. The average Bonchev–Trinajstić information content (AvgIpc) is 2.77. The Balaban J connectivity index is 1.93. The minimum Gasteiger partial charge on any atom is -0.489 e. The summed E-state index contributed by atoms with van der Waals surface area (Å²) in [6.45, 7) is -0.427. The Morgan fingerprint density at radius 1 is 0.853 bits per heavy atom. The van der Waals surface area contributed by atoms with E-state index in [1.165, 1.54) is 6.07 Å². The fraction of sp³-hybridized carbons (Fsp3) is 0.182. The number of nitrogens with zero attached hydrogens (tertiary/aromatic N) is 1. The van der Waals surface area contributed by atoms with Crippen LogP contribution in [0.25, 0.3) is 0 Å². The van der Waals surface area contributed by atoms with E-state index in [0.717, 1.165) is 24.3 Å². The van der Waals surface area contributed by atoms with Gasteiger partial charge in [-0.05, 0) is 41.5 Å². The van der Waals surface area contributed by atoms with Crippen molar-refractivity contribution in [3.8, 4) is 23.1 Å². The van der Waals surface area contributed by atoms with Gasteiger partial charge in [0.1, 0.15) is 29.5 Å². The molecule has 3 aromatic rings. The summed E-state index contributed by atoms with van der Waals surface area (Å²) >= 11 is 0. The second-order valence-corrected chi connectivity index (χ2v) is 6.80. The Morgan fingerprint density at radius 2 is 1.53 bits per heavy atom. The van der Waals surface area contributed by atoms with Gasteiger partial charge in [0, 0.05) is 18.7 Å². The number of benzene rings is 2. The number of ether oxygens (including phenoxy) is 3. The number of esters is 1. The van der Waals surface area contributed by atoms with Gasteiger partial charge in [-0.15, -0.1) is 0 Å². The van der Waals surface area contributed by atoms with E-state index in [4.69, 9.17) is 15.2 Å². The van der Waals surface area contributed by atoms with Gasteiger partial charge in [-0.1, -0.05) is 18.2 Å². The molecule has 0 saturated carbocycles. The van der Waals surface area contributed by atoms with E-state index in [0.29, 0.717) is 5.75 Å². The summed E-state index contributed by atoms with van der Waals surface area (Å²) in [5, 5.41) is 0. The van der Waals surface area contributed by atoms with Crippen LogP contribution in [0.3, 0.4) is 0 Å². The van der Waals surface area contributed by atoms with Crippen LogP contribution in [0.1, 0.15) is 16.8 Å². The Labute approximate surface area is 188 Å². The number of halogens is 6. The fourth-order valence-corrected chi connectivity index (χ4v) is 2.68. The van der Waals surface area contributed by atoms with Crippen molar-refractivity contribution >= 4 is 5.97 Å². The highest BCUT2D eigenvalue weighted by Gasteiger charge is 2.41. The topological polar surface area (TPSA) is 83.7 Å². The molecule has 1 heterocycles. The monoisotopic (exact) mass is 486 g/mol. The van der Waals surface area contributed by atoms with Crippen molar-refractivity contribution in [2.45, 2.75) is 25.5 Å². The van der Waals surface area contributed by atoms with Gasteiger partial charge in [0.15, 0.2) is 0 Å². The zero-order valence-corrected chi connectivity index (χ0v) is 17.1. The molecule has 1 aromatic heterocycles. The number of carbonyl (C=O) groups excluding carboxylic acids is 1. The third-order valence-corrected chi connectivity index (χ3v) is 4.14. The first kappa shape index (κ1) is 24.8. The first-order valence-electron chi connectivity index (χ1n) is 9.51. The zero-order valence-electron chi connectivity index (χ0n) is 17.1. The van der Waals surface area contributed by atoms with E-state index < -0.39 is 35.6 Å². The molecule has 6 nitrogen and oxygen atoms in total. The average molecular weight is 486 g/mol. The highest BCUT2D eigenvalue weighted by molar-refractivity contribution is 5.78. The lowest BCUT2D eigenvalue weighted by molar-refractivity contribution is -0.189. The third-order valence-electron chi connectivity index (χ3n) is 4.14. The molecule has 0 atom stereocenters. The molecule has 0 aliphatic carbocycles. The SMILES string of the molecule is NCc1cc(Oc2cc(COc3ccccc3)cc(OC(=O)C(F)(F)F)c2)nc(C(F)(F)F)c1. The second-order valence-electron chi connectivity index (χ2n) is 6.80. The smallest absolute Gasteiger partial charge is 0.489 e. The maximum absolute atomic E-state index is 13.1. The maximum atomic E-state index is 13.1. The summed E-state index contributed by atoms with van der Waals surface area (Å²) in [4.78, 5) is 14.6. The largest absolute Gasteiger partial charge is 0.491 e. The van der Waals surface area contributed by atoms with Crippen LogP contribution in [0.2, 0.25) is 0 Å². The predicted octanol–water partition coefficient (Wildman–Crippen LogP) is 5.40. The molecule has 2 aromatic carbocycles. The summed E-state index contributed by atoms with van der Waals surface area (Å²) in [5.74, 6) is -3.35. The molecule has 0 aliphatic rings. The van der Waals surface area contributed by atoms with E-state index in [9.17, 15) is 31.1 Å². The number of nitrogens with two attached hydrogens (primary N) is 1. The molecule has 34 heavy (non-hydrogen) atoms. The number of pyridine rings is 1. The van der Waals surface area contributed by atoms with Crippen LogP contribution < -0.4 is 19.9 Å². The lowest BCUT2D eigenvalue weighted by Gasteiger charge is -2.14. The highest BCUT2D eigenvalue weighted by atomic mass is 19.4. The number of carbonyl (C=O) groups is 1. The minimum atomic E-state index is -5.27. The van der Waals surface area contributed by atoms with Gasteiger partial charge in [-0.25, -0.2) is 9.78 Å². The van der Waals surface area contributed by atoms with Crippen LogP contribution in [0, 0.1) is 0 Å². The molecule has 0 amide bonds. The molecule has 180 valence electrons. The number of para-hydroxylation sites is 1. The van der Waals surface area contributed by atoms with E-state index >= 15 is 0 Å². The Kier molecular flexibility index (Phi) is 7.30. The van der Waals surface area contributed by atoms with Crippen molar-refractivity contribution in [1.29, 1.82) is 0 Å². The summed E-state index contributed by atoms with van der Waals surface area (Å²) < 4.78 is 92.5. The lowest BCUT2D eigenvalue weighted by atomic mass is 10.2. The molecular weight excluding hydrogens is 470 g/mol. The summed E-state index contributed by atoms with van der Waals surface area (Å²) in [6, 6.07) is 13.6. The van der Waals surface area contributed by atoms with Crippen LogP contribution in [-0.2, 0) is 24.1 Å². The van der Waals surface area contributed by atoms with Crippen LogP contribution in [0.5, 0.6) is 23.1 Å². The van der Waals surface area contributed by atoms with Gasteiger partial charge >= 0.3 is 18.3 Å². The second kappa shape index (κ2) is 10.00. The number of hydrogen-bond donors (Lipinski definition) is 1. The third kappa shape index (κ3) is 6.85. The van der Waals surface area contributed by atoms with Crippen molar-refractivity contribution in [3.63, 3.8) is 0 Å². The van der Waals surface area contributed by atoms with Gasteiger partial charge in [0.2, 0.25) is 5.88 Å². The first-order chi connectivity index (χ1) is 15.9. The number of rotatable bonds is 7. The predicted molar refractivity (Wildman–Crippen MR) is 106 cm³/mol. The number of alkyl halides is 6. The molecule has 12 heteroatoms. The van der Waals surface area contributed by atoms with E-state index in [2.05, 4.69) is 9.72 Å². The van der Waals surface area contributed by atoms with Crippen LogP contribution >= 0.6 is 0 Å². The minimum absolute atomic E-state index is 0.0598. The summed E-state index contributed by atoms with van der Waals surface area (Å²) in [6.07, 6.45) is -10.1. The van der Waals surface area contributed by atoms with E-state index in [-0.39, 0.29) is 30.0 Å². The van der Waals surface area contributed by atoms with Crippen LogP contribution in [-0.4, -0.2) is 17.1 Å². The van der Waals surface area contributed by atoms with Gasteiger partial charge in [-0.2, -0.15) is 26.3 Å². The van der Waals surface area contributed by atoms with Gasteiger partial charge in [0.05, 0.1) is 0 Å². The van der Waals surface area contributed by atoms with Crippen molar-refractivity contribution in [2.75, 3.05) is 0 Å². The summed E-state index contributed by atoms with van der Waals surface area (Å²) in [5.41, 5.74) is 4.43. The Morgan fingerprint density at radius 3 is 2.15 bits per heavy atom. The van der Waals surface area contributed by atoms with Gasteiger partial charge < -0.3 is 19.9 Å². The van der Waals surface area contributed by atoms with Crippen LogP contribution in [0.15, 0.2) is 60.7 Å². The maximum Gasteiger partial charge on any atom is 0.491 e. The molecule has 0 bridgehead atoms. The molecule has 0 aliphatic heterocycles. The molecule has 0 radical (unpaired) electrons. The van der Waals surface area contributed by atoms with Gasteiger partial charge in [0.25, 0.3) is 0 Å². The first-order valence-corrected chi connectivity index (χ1v) is 9.51.